The van der Waals surface area contributed by atoms with E-state index in [1.54, 1.807) is 19.2 Å². The van der Waals surface area contributed by atoms with Gasteiger partial charge in [-0.1, -0.05) is 0 Å². The average Bonchev–Trinajstić information content (AvgIpc) is 2.66. The molecule has 2 aromatic rings. The molecule has 2 rings (SSSR count). The zero-order chi connectivity index (χ0) is 20.8. The van der Waals surface area contributed by atoms with E-state index in [-0.39, 0.29) is 23.0 Å². The summed E-state index contributed by atoms with van der Waals surface area (Å²) in [5.74, 6) is 0.572. The van der Waals surface area contributed by atoms with Gasteiger partial charge in [0.1, 0.15) is 12.4 Å². The number of nitro groups is 1. The van der Waals surface area contributed by atoms with E-state index in [9.17, 15) is 19.7 Å². The van der Waals surface area contributed by atoms with Crippen LogP contribution in [0.1, 0.15) is 19.5 Å². The summed E-state index contributed by atoms with van der Waals surface area (Å²) in [4.78, 5) is 36.3. The fourth-order valence-corrected chi connectivity index (χ4v) is 2.85. The lowest BCUT2D eigenvalue weighted by atomic mass is 10.2. The van der Waals surface area contributed by atoms with Crippen LogP contribution in [0.4, 0.5) is 5.69 Å². The van der Waals surface area contributed by atoms with Crippen LogP contribution >= 0.6 is 0 Å². The molecule has 9 heteroatoms. The van der Waals surface area contributed by atoms with E-state index in [2.05, 4.69) is 18.7 Å². The summed E-state index contributed by atoms with van der Waals surface area (Å²) in [5.41, 5.74) is 0.0709. The second kappa shape index (κ2) is 9.32. The second-order valence-corrected chi connectivity index (χ2v) is 6.85. The van der Waals surface area contributed by atoms with Gasteiger partial charge < -0.3 is 9.30 Å². The normalized spacial score (nSPS) is 11.2. The molecule has 152 valence electrons. The molecule has 0 unspecified atom stereocenters. The van der Waals surface area contributed by atoms with Crippen LogP contribution in [-0.4, -0.2) is 44.7 Å². The first-order chi connectivity index (χ1) is 13.2. The van der Waals surface area contributed by atoms with Crippen molar-refractivity contribution >= 4 is 5.69 Å². The predicted molar refractivity (Wildman–Crippen MR) is 106 cm³/mol. The highest BCUT2D eigenvalue weighted by Gasteiger charge is 2.13. The number of nitro benzene ring substituents is 1. The van der Waals surface area contributed by atoms with Gasteiger partial charge in [0.25, 0.3) is 11.2 Å². The van der Waals surface area contributed by atoms with Gasteiger partial charge in [-0.15, -0.1) is 0 Å². The van der Waals surface area contributed by atoms with Gasteiger partial charge >= 0.3 is 5.69 Å². The molecule has 1 heterocycles. The highest BCUT2D eigenvalue weighted by molar-refractivity contribution is 5.35. The summed E-state index contributed by atoms with van der Waals surface area (Å²) in [6.45, 7) is 5.87. The van der Waals surface area contributed by atoms with Crippen LogP contribution in [0.25, 0.3) is 0 Å². The Morgan fingerprint density at radius 3 is 2.32 bits per heavy atom. The topological polar surface area (TPSA) is 99.6 Å². The fraction of sp³-hybridized carbons (Fsp3) is 0.474. The van der Waals surface area contributed by atoms with Crippen molar-refractivity contribution in [2.24, 2.45) is 14.1 Å². The minimum Gasteiger partial charge on any atom is -0.492 e. The molecule has 0 radical (unpaired) electrons. The molecule has 28 heavy (non-hydrogen) atoms. The number of aromatic nitrogens is 2. The summed E-state index contributed by atoms with van der Waals surface area (Å²) >= 11 is 0. The lowest BCUT2D eigenvalue weighted by Crippen LogP contribution is -2.40. The maximum atomic E-state index is 12.0. The third-order valence-corrected chi connectivity index (χ3v) is 4.71. The summed E-state index contributed by atoms with van der Waals surface area (Å²) in [6, 6.07) is 7.72. The van der Waals surface area contributed by atoms with Crippen molar-refractivity contribution in [3.05, 3.63) is 67.0 Å². The minimum atomic E-state index is -0.450. The van der Waals surface area contributed by atoms with E-state index in [0.717, 1.165) is 4.57 Å². The summed E-state index contributed by atoms with van der Waals surface area (Å²) in [6.07, 6.45) is 0.567. The zero-order valence-corrected chi connectivity index (χ0v) is 16.6. The maximum absolute atomic E-state index is 12.0. The number of non-ortho nitro benzene ring substituents is 1. The largest absolute Gasteiger partial charge is 0.492 e. The van der Waals surface area contributed by atoms with Gasteiger partial charge in [-0.25, -0.2) is 4.79 Å². The number of ether oxygens (including phenoxy) is 1. The van der Waals surface area contributed by atoms with Crippen molar-refractivity contribution in [2.45, 2.75) is 26.3 Å². The molecule has 1 aromatic carbocycles. The monoisotopic (exact) mass is 390 g/mol. The molecule has 0 amide bonds. The Morgan fingerprint density at radius 2 is 1.75 bits per heavy atom. The Kier molecular flexibility index (Phi) is 7.11. The van der Waals surface area contributed by atoms with Crippen molar-refractivity contribution in [3.8, 4) is 5.75 Å². The second-order valence-electron chi connectivity index (χ2n) is 6.85. The molecule has 0 bridgehead atoms. The quantitative estimate of drug-likeness (QED) is 0.473. The maximum Gasteiger partial charge on any atom is 0.330 e. The van der Waals surface area contributed by atoms with E-state index in [4.69, 9.17) is 4.74 Å². The van der Waals surface area contributed by atoms with Crippen molar-refractivity contribution in [2.75, 3.05) is 19.7 Å². The van der Waals surface area contributed by atoms with E-state index in [0.29, 0.717) is 37.6 Å². The van der Waals surface area contributed by atoms with Crippen LogP contribution in [0.5, 0.6) is 5.75 Å². The fourth-order valence-electron chi connectivity index (χ4n) is 2.85. The van der Waals surface area contributed by atoms with Crippen LogP contribution < -0.4 is 16.0 Å². The summed E-state index contributed by atoms with van der Waals surface area (Å²) in [5, 5.41) is 10.7. The molecule has 0 saturated carbocycles. The van der Waals surface area contributed by atoms with Gasteiger partial charge in [-0.2, -0.15) is 0 Å². The third-order valence-electron chi connectivity index (χ3n) is 4.71. The summed E-state index contributed by atoms with van der Waals surface area (Å²) in [7, 11) is 3.12. The molecule has 0 N–H and O–H groups in total. The van der Waals surface area contributed by atoms with Crippen molar-refractivity contribution < 1.29 is 9.66 Å². The molecule has 0 aliphatic heterocycles. The van der Waals surface area contributed by atoms with E-state index in [1.807, 2.05) is 0 Å². The van der Waals surface area contributed by atoms with Gasteiger partial charge in [-0.3, -0.25) is 24.4 Å². The number of hydrogen-bond acceptors (Lipinski definition) is 6. The van der Waals surface area contributed by atoms with Crippen LogP contribution in [0.2, 0.25) is 0 Å². The number of hydrogen-bond donors (Lipinski definition) is 0. The van der Waals surface area contributed by atoms with Crippen LogP contribution in [0, 0.1) is 10.1 Å². The van der Waals surface area contributed by atoms with Gasteiger partial charge in [0.15, 0.2) is 0 Å². The Labute approximate surface area is 162 Å². The van der Waals surface area contributed by atoms with Gasteiger partial charge in [-0.05, 0) is 26.0 Å². The molecule has 0 atom stereocenters. The van der Waals surface area contributed by atoms with Crippen LogP contribution in [-0.2, 0) is 20.5 Å². The molecule has 0 aliphatic rings. The first-order valence-electron chi connectivity index (χ1n) is 9.08. The highest BCUT2D eigenvalue weighted by Crippen LogP contribution is 2.17. The van der Waals surface area contributed by atoms with Crippen molar-refractivity contribution in [1.29, 1.82) is 0 Å². The number of nitrogens with zero attached hydrogens (tertiary/aromatic N) is 4. The molecule has 0 aliphatic carbocycles. The Morgan fingerprint density at radius 1 is 1.11 bits per heavy atom. The molecular weight excluding hydrogens is 364 g/mol. The molecule has 0 spiro atoms. The molecular formula is C19H26N4O5. The Balaban J connectivity index is 1.94. The average molecular weight is 390 g/mol. The first-order valence-corrected chi connectivity index (χ1v) is 9.08. The minimum absolute atomic E-state index is 0.0239. The Hall–Kier alpha value is -2.94. The Bertz CT molecular complexity index is 931. The number of rotatable bonds is 9. The van der Waals surface area contributed by atoms with Gasteiger partial charge in [0, 0.05) is 63.5 Å². The van der Waals surface area contributed by atoms with Crippen molar-refractivity contribution in [1.82, 2.24) is 14.0 Å². The summed E-state index contributed by atoms with van der Waals surface area (Å²) < 4.78 is 8.26. The van der Waals surface area contributed by atoms with Crippen LogP contribution in [0.3, 0.4) is 0 Å². The van der Waals surface area contributed by atoms with Gasteiger partial charge in [0.2, 0.25) is 0 Å². The van der Waals surface area contributed by atoms with Gasteiger partial charge in [0.05, 0.1) is 4.92 Å². The third kappa shape index (κ3) is 5.29. The van der Waals surface area contributed by atoms with E-state index in [1.165, 1.54) is 29.8 Å². The molecule has 1 aromatic heterocycles. The zero-order valence-electron chi connectivity index (χ0n) is 16.6. The predicted octanol–water partition coefficient (Wildman–Crippen LogP) is 1.32. The molecule has 9 nitrogen and oxygen atoms in total. The van der Waals surface area contributed by atoms with E-state index < -0.39 is 4.92 Å². The molecule has 0 saturated heterocycles. The van der Waals surface area contributed by atoms with Crippen molar-refractivity contribution in [3.63, 3.8) is 0 Å². The smallest absolute Gasteiger partial charge is 0.330 e. The first kappa shape index (κ1) is 21.4. The van der Waals surface area contributed by atoms with Crippen LogP contribution in [0.15, 0.2) is 39.9 Å². The standard InChI is InChI=1S/C19H26N4O5/c1-14(2)22(10-9-16-13-18(24)21(4)19(25)20(16)3)11-12-28-17-7-5-15(6-8-17)23(26)27/h5-8,13-14H,9-12H2,1-4H3. The number of benzene rings is 1. The lowest BCUT2D eigenvalue weighted by Gasteiger charge is -2.26. The lowest BCUT2D eigenvalue weighted by molar-refractivity contribution is -0.384. The van der Waals surface area contributed by atoms with E-state index >= 15 is 0 Å². The molecule has 0 fully saturated rings. The highest BCUT2D eigenvalue weighted by atomic mass is 16.6. The SMILES string of the molecule is CC(C)N(CCOc1ccc([N+](=O)[O-])cc1)CCc1cc(=O)n(C)c(=O)n1C.